The SMILES string of the molecule is CC(C)(C)c1ccc(N(c2ccccc2)c2cc(C(C)(C)C)cc(N(c3ccc(-c4nc(-c5cccc6ccccc56)cc(-n5c6ccccc6c6ccccc65)n4)cc3)c3ccc(C(C)(C)C)cc3)c2-c2ccccc2)cc1. The average molecular weight is 1030 g/mol. The Morgan fingerprint density at radius 1 is 0.342 bits per heavy atom. The highest BCUT2D eigenvalue weighted by molar-refractivity contribution is 6.09. The molecule has 10 aromatic carbocycles. The number of hydrogen-bond acceptors (Lipinski definition) is 4. The molecule has 0 radical (unpaired) electrons. The van der Waals surface area contributed by atoms with E-state index in [0.717, 1.165) is 89.7 Å². The molecular weight excluding hydrogens is 959 g/mol. The number of hydrogen-bond donors (Lipinski definition) is 0. The van der Waals surface area contributed by atoms with Crippen LogP contribution in [0, 0.1) is 0 Å². The number of nitrogens with zero attached hydrogens (tertiary/aromatic N) is 5. The maximum atomic E-state index is 5.51. The smallest absolute Gasteiger partial charge is 0.162 e. The maximum absolute atomic E-state index is 5.51. The van der Waals surface area contributed by atoms with Crippen molar-refractivity contribution in [2.24, 2.45) is 0 Å². The Labute approximate surface area is 466 Å². The normalized spacial score (nSPS) is 12.1. The zero-order chi connectivity index (χ0) is 54.6. The summed E-state index contributed by atoms with van der Waals surface area (Å²) < 4.78 is 2.30. The second kappa shape index (κ2) is 20.1. The fourth-order valence-corrected chi connectivity index (χ4v) is 11.1. The van der Waals surface area contributed by atoms with E-state index in [0.29, 0.717) is 5.82 Å². The highest BCUT2D eigenvalue weighted by Gasteiger charge is 2.29. The topological polar surface area (TPSA) is 37.2 Å². The van der Waals surface area contributed by atoms with Crippen molar-refractivity contribution in [1.82, 2.24) is 14.5 Å². The fraction of sp³-hybridized carbons (Fsp3) is 0.162. The Hall–Kier alpha value is -9.06. The monoisotopic (exact) mass is 1030 g/mol. The van der Waals surface area contributed by atoms with E-state index in [2.05, 4.69) is 319 Å². The third-order valence-corrected chi connectivity index (χ3v) is 15.5. The predicted molar refractivity (Wildman–Crippen MR) is 336 cm³/mol. The van der Waals surface area contributed by atoms with Crippen LogP contribution < -0.4 is 9.80 Å². The lowest BCUT2D eigenvalue weighted by Gasteiger charge is -2.35. The van der Waals surface area contributed by atoms with Gasteiger partial charge in [-0.3, -0.25) is 4.57 Å². The second-order valence-corrected chi connectivity index (χ2v) is 24.0. The van der Waals surface area contributed by atoms with E-state index in [1.54, 1.807) is 0 Å². The van der Waals surface area contributed by atoms with Crippen LogP contribution in [0.5, 0.6) is 0 Å². The molecule has 0 aliphatic rings. The molecule has 0 aliphatic heterocycles. The Morgan fingerprint density at radius 3 is 1.29 bits per heavy atom. The summed E-state index contributed by atoms with van der Waals surface area (Å²) in [5.74, 6) is 1.46. The molecule has 0 unspecified atom stereocenters. The molecule has 0 spiro atoms. The van der Waals surface area contributed by atoms with Crippen LogP contribution in [-0.2, 0) is 16.2 Å². The summed E-state index contributed by atoms with van der Waals surface area (Å²) in [6, 6.07) is 88.3. The average Bonchev–Trinajstić information content (AvgIpc) is 3.97. The lowest BCUT2D eigenvalue weighted by atomic mass is 9.83. The Kier molecular flexibility index (Phi) is 12.9. The van der Waals surface area contributed by atoms with Crippen LogP contribution in [0.25, 0.3) is 72.2 Å². The Balaban J connectivity index is 1.10. The van der Waals surface area contributed by atoms with E-state index in [1.807, 2.05) is 0 Å². The summed E-state index contributed by atoms with van der Waals surface area (Å²) in [7, 11) is 0. The minimum atomic E-state index is -0.219. The molecule has 0 amide bonds. The van der Waals surface area contributed by atoms with Crippen LogP contribution >= 0.6 is 0 Å². The van der Waals surface area contributed by atoms with Gasteiger partial charge < -0.3 is 9.80 Å². The predicted octanol–water partition coefficient (Wildman–Crippen LogP) is 20.6. The van der Waals surface area contributed by atoms with Gasteiger partial charge in [-0.2, -0.15) is 0 Å². The molecule has 0 N–H and O–H groups in total. The molecule has 0 saturated carbocycles. The van der Waals surface area contributed by atoms with Gasteiger partial charge in [0.25, 0.3) is 0 Å². The molecule has 79 heavy (non-hydrogen) atoms. The first-order chi connectivity index (χ1) is 38.1. The minimum absolute atomic E-state index is 0.00354. The van der Waals surface area contributed by atoms with Crippen molar-refractivity contribution in [2.75, 3.05) is 9.80 Å². The zero-order valence-electron chi connectivity index (χ0n) is 46.8. The molecule has 2 aromatic heterocycles. The van der Waals surface area contributed by atoms with Gasteiger partial charge in [0.05, 0.1) is 28.1 Å². The van der Waals surface area contributed by atoms with Crippen molar-refractivity contribution >= 4 is 66.7 Å². The molecule has 0 aliphatic carbocycles. The first-order valence-corrected chi connectivity index (χ1v) is 27.7. The number of fused-ring (bicyclic) bond motifs is 4. The highest BCUT2D eigenvalue weighted by Crippen LogP contribution is 2.51. The van der Waals surface area contributed by atoms with Crippen LogP contribution in [0.3, 0.4) is 0 Å². The van der Waals surface area contributed by atoms with Gasteiger partial charge in [-0.25, -0.2) is 9.97 Å². The van der Waals surface area contributed by atoms with Crippen LogP contribution in [0.1, 0.15) is 79.0 Å². The number of anilines is 6. The number of aromatic nitrogens is 3. The van der Waals surface area contributed by atoms with E-state index in [4.69, 9.17) is 9.97 Å². The molecule has 0 bridgehead atoms. The lowest BCUT2D eigenvalue weighted by molar-refractivity contribution is 0.589. The fourth-order valence-electron chi connectivity index (χ4n) is 11.1. The van der Waals surface area contributed by atoms with Crippen molar-refractivity contribution in [2.45, 2.75) is 78.6 Å². The summed E-state index contributed by atoms with van der Waals surface area (Å²) in [6.45, 7) is 20.6. The molecule has 0 fully saturated rings. The second-order valence-electron chi connectivity index (χ2n) is 24.0. The van der Waals surface area contributed by atoms with Gasteiger partial charge in [-0.05, 0) is 134 Å². The molecule has 388 valence electrons. The van der Waals surface area contributed by atoms with Gasteiger partial charge >= 0.3 is 0 Å². The molecule has 12 aromatic rings. The van der Waals surface area contributed by atoms with Crippen LogP contribution in [-0.4, -0.2) is 14.5 Å². The van der Waals surface area contributed by atoms with Gasteiger partial charge in [-0.1, -0.05) is 214 Å². The van der Waals surface area contributed by atoms with Crippen molar-refractivity contribution < 1.29 is 0 Å². The molecule has 0 atom stereocenters. The minimum Gasteiger partial charge on any atom is -0.310 e. The third-order valence-electron chi connectivity index (χ3n) is 15.5. The quantitative estimate of drug-likeness (QED) is 0.137. The van der Waals surface area contributed by atoms with E-state index in [-0.39, 0.29) is 16.2 Å². The zero-order valence-corrected chi connectivity index (χ0v) is 46.8. The van der Waals surface area contributed by atoms with Gasteiger partial charge in [0.15, 0.2) is 5.82 Å². The van der Waals surface area contributed by atoms with Crippen molar-refractivity contribution in [3.05, 3.63) is 259 Å². The molecule has 2 heterocycles. The summed E-state index contributed by atoms with van der Waals surface area (Å²) in [5.41, 5.74) is 17.2. The molecule has 5 heteroatoms. The van der Waals surface area contributed by atoms with Gasteiger partial charge in [0.1, 0.15) is 5.82 Å². The summed E-state index contributed by atoms with van der Waals surface area (Å²) in [5, 5.41) is 4.68. The van der Waals surface area contributed by atoms with Crippen LogP contribution in [0.2, 0.25) is 0 Å². The van der Waals surface area contributed by atoms with Crippen molar-refractivity contribution in [1.29, 1.82) is 0 Å². The molecule has 12 rings (SSSR count). The molecule has 5 nitrogen and oxygen atoms in total. The molecular formula is C74H67N5. The number of rotatable bonds is 10. The van der Waals surface area contributed by atoms with Crippen LogP contribution in [0.4, 0.5) is 34.1 Å². The third kappa shape index (κ3) is 9.76. The first kappa shape index (κ1) is 50.7. The Morgan fingerprint density at radius 2 is 0.772 bits per heavy atom. The van der Waals surface area contributed by atoms with Crippen LogP contribution in [0.15, 0.2) is 243 Å². The summed E-state index contributed by atoms with van der Waals surface area (Å²) in [6.07, 6.45) is 0. The lowest BCUT2D eigenvalue weighted by Crippen LogP contribution is -2.20. The number of para-hydroxylation sites is 3. The standard InChI is InChI=1S/C74H67N5/c1-72(2,3)53-37-43-58(44-38-53)77(56-27-14-11-15-28-56)67-47-55(74(7,8)9)48-68(70(67)51-24-12-10-13-25-51)78(59-45-39-54(40-46-59)73(4,5)6)57-41-35-52(36-42-57)71-75-64(61-32-22-26-50-23-16-17-29-60(50)61)49-69(76-71)79-65-33-20-18-30-62(65)63-31-19-21-34-66(63)79/h10-49H,1-9H3. The summed E-state index contributed by atoms with van der Waals surface area (Å²) >= 11 is 0. The molecule has 0 saturated heterocycles. The van der Waals surface area contributed by atoms with Crippen molar-refractivity contribution in [3.63, 3.8) is 0 Å². The van der Waals surface area contributed by atoms with E-state index in [9.17, 15) is 0 Å². The maximum Gasteiger partial charge on any atom is 0.162 e. The van der Waals surface area contributed by atoms with E-state index >= 15 is 0 Å². The Bertz CT molecular complexity index is 4100. The van der Waals surface area contributed by atoms with Gasteiger partial charge in [0, 0.05) is 56.3 Å². The highest BCUT2D eigenvalue weighted by atomic mass is 15.2. The van der Waals surface area contributed by atoms with Gasteiger partial charge in [0.2, 0.25) is 0 Å². The summed E-state index contributed by atoms with van der Waals surface area (Å²) in [4.78, 5) is 15.9. The van der Waals surface area contributed by atoms with Crippen molar-refractivity contribution in [3.8, 4) is 39.6 Å². The van der Waals surface area contributed by atoms with Gasteiger partial charge in [-0.15, -0.1) is 0 Å². The number of benzene rings is 10. The van der Waals surface area contributed by atoms with E-state index in [1.165, 1.54) is 27.5 Å². The first-order valence-electron chi connectivity index (χ1n) is 27.7. The van der Waals surface area contributed by atoms with E-state index < -0.39 is 0 Å². The largest absolute Gasteiger partial charge is 0.310 e.